The number of carboxylic acids is 1. The first-order valence-electron chi connectivity index (χ1n) is 13.7. The molecule has 1 heterocycles. The van der Waals surface area contributed by atoms with Crippen molar-refractivity contribution in [1.82, 2.24) is 14.5 Å². The van der Waals surface area contributed by atoms with Crippen molar-refractivity contribution in [3.05, 3.63) is 135 Å². The minimum absolute atomic E-state index is 0.0104. The maximum Gasteiger partial charge on any atom is 0.335 e. The van der Waals surface area contributed by atoms with Gasteiger partial charge in [-0.3, -0.25) is 9.59 Å². The Bertz CT molecular complexity index is 1920. The fourth-order valence-corrected chi connectivity index (χ4v) is 4.97. The molecule has 0 aliphatic rings. The lowest BCUT2D eigenvalue weighted by Gasteiger charge is -2.27. The molecule has 0 unspecified atom stereocenters. The van der Waals surface area contributed by atoms with Crippen molar-refractivity contribution in [3.8, 4) is 17.2 Å². The molecule has 0 saturated heterocycles. The van der Waals surface area contributed by atoms with Gasteiger partial charge in [-0.2, -0.15) is 0 Å². The van der Waals surface area contributed by atoms with Gasteiger partial charge in [0, 0.05) is 31.1 Å². The average Bonchev–Trinajstić information content (AvgIpc) is 3.00. The summed E-state index contributed by atoms with van der Waals surface area (Å²) in [6.07, 6.45) is 1.40. The molecule has 9 nitrogen and oxygen atoms in total. The highest BCUT2D eigenvalue weighted by Gasteiger charge is 2.33. The van der Waals surface area contributed by atoms with Crippen LogP contribution in [0.25, 0.3) is 16.5 Å². The summed E-state index contributed by atoms with van der Waals surface area (Å²) in [5.41, 5.74) is -0.282. The Balaban J connectivity index is 1.39. The molecule has 0 spiro atoms. The standard InChI is InChI=1S/C34H31N3O6/c1-34(2,23-15-17-25(18-16-23)43-24-10-5-4-6-11-24)32(41)35-28(31(39)40)21-22-9-7-13-27-26(22)12-8-14-29(27)37-30(38)19-20-36(3)33(37)42/h4-20,28H,21H2,1-3H3,(H,35,41)(H,39,40)/t28-/m0/s1. The second-order valence-corrected chi connectivity index (χ2v) is 10.8. The summed E-state index contributed by atoms with van der Waals surface area (Å²) in [6.45, 7) is 3.47. The van der Waals surface area contributed by atoms with E-state index in [1.165, 1.54) is 16.8 Å². The van der Waals surface area contributed by atoms with Crippen LogP contribution in [0.4, 0.5) is 0 Å². The summed E-state index contributed by atoms with van der Waals surface area (Å²) >= 11 is 0. The summed E-state index contributed by atoms with van der Waals surface area (Å²) in [6, 6.07) is 27.0. The van der Waals surface area contributed by atoms with Crippen molar-refractivity contribution in [3.63, 3.8) is 0 Å². The zero-order chi connectivity index (χ0) is 30.7. The Morgan fingerprint density at radius 3 is 2.19 bits per heavy atom. The Hall–Kier alpha value is -5.44. The highest BCUT2D eigenvalue weighted by molar-refractivity contribution is 5.94. The molecule has 4 aromatic carbocycles. The summed E-state index contributed by atoms with van der Waals surface area (Å²) in [5, 5.41) is 14.1. The Labute approximate surface area is 247 Å². The molecule has 2 N–H and O–H groups in total. The Kier molecular flexibility index (Phi) is 7.98. The molecule has 43 heavy (non-hydrogen) atoms. The van der Waals surface area contributed by atoms with Gasteiger partial charge in [0.2, 0.25) is 5.91 Å². The summed E-state index contributed by atoms with van der Waals surface area (Å²) < 4.78 is 8.24. The van der Waals surface area contributed by atoms with E-state index in [1.807, 2.05) is 30.3 Å². The third kappa shape index (κ3) is 5.97. The van der Waals surface area contributed by atoms with Gasteiger partial charge in [0.1, 0.15) is 17.5 Å². The zero-order valence-corrected chi connectivity index (χ0v) is 24.0. The molecule has 5 rings (SSSR count). The molecule has 1 aromatic heterocycles. The first-order chi connectivity index (χ1) is 20.6. The normalized spacial score (nSPS) is 12.1. The molecule has 0 bridgehead atoms. The van der Waals surface area contributed by atoms with Crippen LogP contribution in [0.5, 0.6) is 11.5 Å². The lowest BCUT2D eigenvalue weighted by Crippen LogP contribution is -2.49. The number of hydrogen-bond acceptors (Lipinski definition) is 5. The molecule has 9 heteroatoms. The maximum absolute atomic E-state index is 13.5. The van der Waals surface area contributed by atoms with Gasteiger partial charge in [0.05, 0.1) is 11.1 Å². The number of carbonyl (C=O) groups is 2. The molecule has 1 amide bonds. The van der Waals surface area contributed by atoms with E-state index in [0.717, 1.165) is 4.57 Å². The number of carboxylic acid groups (broad SMARTS) is 1. The maximum atomic E-state index is 13.5. The second-order valence-electron chi connectivity index (χ2n) is 10.8. The molecular formula is C34H31N3O6. The van der Waals surface area contributed by atoms with E-state index in [2.05, 4.69) is 5.32 Å². The number of amides is 1. The van der Waals surface area contributed by atoms with Crippen molar-refractivity contribution in [2.45, 2.75) is 31.7 Å². The predicted molar refractivity (Wildman–Crippen MR) is 164 cm³/mol. The van der Waals surface area contributed by atoms with Crippen molar-refractivity contribution in [2.75, 3.05) is 0 Å². The van der Waals surface area contributed by atoms with Crippen LogP contribution >= 0.6 is 0 Å². The molecule has 0 radical (unpaired) electrons. The van der Waals surface area contributed by atoms with Crippen LogP contribution in [-0.4, -0.2) is 32.2 Å². The zero-order valence-electron chi connectivity index (χ0n) is 24.0. The molecule has 0 aliphatic carbocycles. The number of benzene rings is 4. The minimum atomic E-state index is -1.23. The van der Waals surface area contributed by atoms with Gasteiger partial charge in [0.25, 0.3) is 5.56 Å². The van der Waals surface area contributed by atoms with E-state index in [1.54, 1.807) is 81.6 Å². The third-order valence-electron chi connectivity index (χ3n) is 7.53. The highest BCUT2D eigenvalue weighted by atomic mass is 16.5. The smallest absolute Gasteiger partial charge is 0.335 e. The van der Waals surface area contributed by atoms with Crippen molar-refractivity contribution < 1.29 is 19.4 Å². The molecule has 0 fully saturated rings. The monoisotopic (exact) mass is 577 g/mol. The third-order valence-corrected chi connectivity index (χ3v) is 7.53. The van der Waals surface area contributed by atoms with Crippen LogP contribution in [0.3, 0.4) is 0 Å². The van der Waals surface area contributed by atoms with Gasteiger partial charge in [-0.25, -0.2) is 14.2 Å². The molecule has 5 aromatic rings. The van der Waals surface area contributed by atoms with E-state index < -0.39 is 34.6 Å². The van der Waals surface area contributed by atoms with E-state index in [0.29, 0.717) is 39.1 Å². The van der Waals surface area contributed by atoms with Crippen molar-refractivity contribution >= 4 is 22.6 Å². The average molecular weight is 578 g/mol. The highest BCUT2D eigenvalue weighted by Crippen LogP contribution is 2.29. The van der Waals surface area contributed by atoms with Gasteiger partial charge in [-0.1, -0.05) is 60.7 Å². The van der Waals surface area contributed by atoms with Crippen LogP contribution < -0.4 is 21.3 Å². The number of para-hydroxylation sites is 1. The Morgan fingerprint density at radius 2 is 1.49 bits per heavy atom. The molecule has 1 atom stereocenters. The number of hydrogen-bond donors (Lipinski definition) is 2. The predicted octanol–water partition coefficient (Wildman–Crippen LogP) is 4.57. The summed E-state index contributed by atoms with van der Waals surface area (Å²) in [5.74, 6) is -0.329. The van der Waals surface area contributed by atoms with E-state index in [-0.39, 0.29) is 6.42 Å². The summed E-state index contributed by atoms with van der Waals surface area (Å²) in [7, 11) is 1.56. The number of aliphatic carboxylic acids is 1. The van der Waals surface area contributed by atoms with Crippen LogP contribution in [-0.2, 0) is 28.5 Å². The van der Waals surface area contributed by atoms with Gasteiger partial charge >= 0.3 is 11.7 Å². The SMILES string of the molecule is Cn1ccc(=O)n(-c2cccc3c(C[C@H](NC(=O)C(C)(C)c4ccc(Oc5ccccc5)cc4)C(=O)O)cccc23)c1=O. The van der Waals surface area contributed by atoms with E-state index in [9.17, 15) is 24.3 Å². The fraction of sp³-hybridized carbons (Fsp3) is 0.176. The van der Waals surface area contributed by atoms with E-state index >= 15 is 0 Å². The first kappa shape index (κ1) is 29.1. The minimum Gasteiger partial charge on any atom is -0.480 e. The van der Waals surface area contributed by atoms with Gasteiger partial charge < -0.3 is 19.7 Å². The van der Waals surface area contributed by atoms with Crippen molar-refractivity contribution in [1.29, 1.82) is 0 Å². The molecular weight excluding hydrogens is 546 g/mol. The number of fused-ring (bicyclic) bond motifs is 1. The van der Waals surface area contributed by atoms with Gasteiger partial charge in [0.15, 0.2) is 0 Å². The topological polar surface area (TPSA) is 120 Å². The lowest BCUT2D eigenvalue weighted by atomic mass is 9.83. The van der Waals surface area contributed by atoms with Gasteiger partial charge in [-0.15, -0.1) is 0 Å². The molecule has 218 valence electrons. The largest absolute Gasteiger partial charge is 0.480 e. The number of aryl methyl sites for hydroxylation is 1. The first-order valence-corrected chi connectivity index (χ1v) is 13.7. The van der Waals surface area contributed by atoms with E-state index in [4.69, 9.17) is 4.74 Å². The molecule has 0 saturated carbocycles. The van der Waals surface area contributed by atoms with Gasteiger partial charge in [-0.05, 0) is 60.7 Å². The van der Waals surface area contributed by atoms with Crippen molar-refractivity contribution in [2.24, 2.45) is 7.05 Å². The number of aromatic nitrogens is 2. The second kappa shape index (κ2) is 11.8. The lowest BCUT2D eigenvalue weighted by molar-refractivity contribution is -0.142. The van der Waals surface area contributed by atoms with Crippen LogP contribution in [0.2, 0.25) is 0 Å². The molecule has 0 aliphatic heterocycles. The van der Waals surface area contributed by atoms with Crippen LogP contribution in [0.1, 0.15) is 25.0 Å². The number of rotatable bonds is 9. The number of nitrogens with one attached hydrogen (secondary N) is 1. The summed E-state index contributed by atoms with van der Waals surface area (Å²) in [4.78, 5) is 51.3. The Morgan fingerprint density at radius 1 is 0.837 bits per heavy atom. The van der Waals surface area contributed by atoms with Crippen LogP contribution in [0.15, 0.2) is 113 Å². The quantitative estimate of drug-likeness (QED) is 0.265. The number of carbonyl (C=O) groups excluding carboxylic acids is 1. The van der Waals surface area contributed by atoms with Crippen LogP contribution in [0, 0.1) is 0 Å². The number of ether oxygens (including phenoxy) is 1. The number of nitrogens with zero attached hydrogens (tertiary/aromatic N) is 2. The fourth-order valence-electron chi connectivity index (χ4n) is 4.97.